The zero-order valence-corrected chi connectivity index (χ0v) is 9.75. The van der Waals surface area contributed by atoms with Gasteiger partial charge in [-0.2, -0.15) is 0 Å². The Morgan fingerprint density at radius 1 is 1.33 bits per heavy atom. The van der Waals surface area contributed by atoms with Gasteiger partial charge in [0, 0.05) is 23.9 Å². The molecular weight excluding hydrogens is 230 g/mol. The van der Waals surface area contributed by atoms with Crippen LogP contribution in [0.2, 0.25) is 0 Å². The molecule has 0 fully saturated rings. The first-order chi connectivity index (χ1) is 8.70. The molecule has 92 valence electrons. The molecule has 1 heterocycles. The molecule has 1 aromatic heterocycles. The third-order valence-corrected chi connectivity index (χ3v) is 3.43. The Kier molecular flexibility index (Phi) is 2.41. The van der Waals surface area contributed by atoms with Crippen LogP contribution in [0.5, 0.6) is 0 Å². The van der Waals surface area contributed by atoms with Crippen molar-refractivity contribution < 1.29 is 9.59 Å². The number of hydrazine groups is 1. The molecule has 3 rings (SSSR count). The second-order valence-electron chi connectivity index (χ2n) is 4.50. The zero-order chi connectivity index (χ0) is 12.7. The van der Waals surface area contributed by atoms with Crippen molar-refractivity contribution in [3.63, 3.8) is 0 Å². The molecule has 1 aromatic carbocycles. The lowest BCUT2D eigenvalue weighted by molar-refractivity contribution is -0.118. The molecule has 2 aromatic rings. The summed E-state index contributed by atoms with van der Waals surface area (Å²) >= 11 is 0. The van der Waals surface area contributed by atoms with Crippen LogP contribution in [0.1, 0.15) is 28.0 Å². The molecule has 0 saturated carbocycles. The summed E-state index contributed by atoms with van der Waals surface area (Å²) in [6.45, 7) is 0. The number of fused-ring (bicyclic) bond motifs is 3. The van der Waals surface area contributed by atoms with Crippen molar-refractivity contribution in [3.8, 4) is 0 Å². The van der Waals surface area contributed by atoms with Gasteiger partial charge in [-0.05, 0) is 18.1 Å². The van der Waals surface area contributed by atoms with E-state index < -0.39 is 0 Å². The highest BCUT2D eigenvalue weighted by atomic mass is 16.2. The van der Waals surface area contributed by atoms with E-state index in [1.54, 1.807) is 12.1 Å². The predicted molar refractivity (Wildman–Crippen MR) is 67.0 cm³/mol. The SMILES string of the molecule is NNC(=O)c1cccc2c3c([nH]c12)CCC(=O)C3. The first-order valence-electron chi connectivity index (χ1n) is 5.86. The highest BCUT2D eigenvalue weighted by Crippen LogP contribution is 2.29. The van der Waals surface area contributed by atoms with Gasteiger partial charge in [-0.3, -0.25) is 15.0 Å². The minimum Gasteiger partial charge on any atom is -0.357 e. The first-order valence-corrected chi connectivity index (χ1v) is 5.86. The summed E-state index contributed by atoms with van der Waals surface area (Å²) < 4.78 is 0. The van der Waals surface area contributed by atoms with Crippen molar-refractivity contribution in [3.05, 3.63) is 35.0 Å². The summed E-state index contributed by atoms with van der Waals surface area (Å²) in [4.78, 5) is 26.5. The van der Waals surface area contributed by atoms with Gasteiger partial charge in [0.15, 0.2) is 0 Å². The summed E-state index contributed by atoms with van der Waals surface area (Å²) in [6, 6.07) is 5.45. The lowest BCUT2D eigenvalue weighted by Crippen LogP contribution is -2.30. The van der Waals surface area contributed by atoms with Gasteiger partial charge >= 0.3 is 0 Å². The molecule has 18 heavy (non-hydrogen) atoms. The number of benzene rings is 1. The molecule has 5 nitrogen and oxygen atoms in total. The molecule has 0 bridgehead atoms. The summed E-state index contributed by atoms with van der Waals surface area (Å²) in [6.07, 6.45) is 1.73. The molecule has 1 amide bonds. The third kappa shape index (κ3) is 1.52. The van der Waals surface area contributed by atoms with Gasteiger partial charge in [-0.1, -0.05) is 12.1 Å². The van der Waals surface area contributed by atoms with Crippen molar-refractivity contribution in [2.24, 2.45) is 5.84 Å². The second-order valence-corrected chi connectivity index (χ2v) is 4.50. The minimum absolute atomic E-state index is 0.247. The molecule has 1 aliphatic rings. The minimum atomic E-state index is -0.328. The molecule has 5 heteroatoms. The van der Waals surface area contributed by atoms with E-state index in [-0.39, 0.29) is 11.7 Å². The largest absolute Gasteiger partial charge is 0.357 e. The van der Waals surface area contributed by atoms with Crippen molar-refractivity contribution in [1.29, 1.82) is 0 Å². The fraction of sp³-hybridized carbons (Fsp3) is 0.231. The number of nitrogen functional groups attached to an aromatic ring is 1. The number of amides is 1. The summed E-state index contributed by atoms with van der Waals surface area (Å²) in [5, 5.41) is 0.944. The van der Waals surface area contributed by atoms with Crippen LogP contribution in [0.25, 0.3) is 10.9 Å². The average Bonchev–Trinajstić information content (AvgIpc) is 2.75. The lowest BCUT2D eigenvalue weighted by Gasteiger charge is -2.09. The summed E-state index contributed by atoms with van der Waals surface area (Å²) in [5.74, 6) is 5.09. The number of hydrogen-bond acceptors (Lipinski definition) is 3. The maximum Gasteiger partial charge on any atom is 0.267 e. The van der Waals surface area contributed by atoms with E-state index in [9.17, 15) is 9.59 Å². The number of aromatic nitrogens is 1. The Bertz CT molecular complexity index is 658. The van der Waals surface area contributed by atoms with Crippen LogP contribution in [0.15, 0.2) is 18.2 Å². The van der Waals surface area contributed by atoms with Crippen molar-refractivity contribution in [2.75, 3.05) is 0 Å². The Balaban J connectivity index is 2.25. The van der Waals surface area contributed by atoms with Crippen LogP contribution in [0, 0.1) is 0 Å². The molecular formula is C13H13N3O2. The molecule has 1 aliphatic carbocycles. The second kappa shape index (κ2) is 3.96. The number of nitrogens with two attached hydrogens (primary N) is 1. The Hall–Kier alpha value is -2.14. The number of Topliss-reactive ketones (excluding diaryl/α,β-unsaturated/α-hetero) is 1. The van der Waals surface area contributed by atoms with Crippen LogP contribution >= 0.6 is 0 Å². The summed E-state index contributed by atoms with van der Waals surface area (Å²) in [5.41, 5.74) is 5.49. The van der Waals surface area contributed by atoms with Crippen LogP contribution in [0.4, 0.5) is 0 Å². The van der Waals surface area contributed by atoms with E-state index in [2.05, 4.69) is 10.4 Å². The van der Waals surface area contributed by atoms with E-state index in [1.165, 1.54) is 0 Å². The fourth-order valence-corrected chi connectivity index (χ4v) is 2.56. The molecule has 0 aliphatic heterocycles. The van der Waals surface area contributed by atoms with E-state index >= 15 is 0 Å². The Morgan fingerprint density at radius 2 is 2.17 bits per heavy atom. The number of carbonyl (C=O) groups is 2. The lowest BCUT2D eigenvalue weighted by atomic mass is 9.94. The number of aryl methyl sites for hydroxylation is 1. The number of aromatic amines is 1. The van der Waals surface area contributed by atoms with Crippen LogP contribution < -0.4 is 11.3 Å². The fourth-order valence-electron chi connectivity index (χ4n) is 2.56. The molecule has 0 saturated heterocycles. The first kappa shape index (κ1) is 11.0. The van der Waals surface area contributed by atoms with Crippen LogP contribution in [-0.4, -0.2) is 16.7 Å². The van der Waals surface area contributed by atoms with E-state index in [4.69, 9.17) is 5.84 Å². The monoisotopic (exact) mass is 243 g/mol. The smallest absolute Gasteiger partial charge is 0.267 e. The maximum atomic E-state index is 11.7. The van der Waals surface area contributed by atoms with Gasteiger partial charge in [-0.25, -0.2) is 5.84 Å². The van der Waals surface area contributed by atoms with Gasteiger partial charge in [0.25, 0.3) is 5.91 Å². The number of nitrogens with one attached hydrogen (secondary N) is 2. The van der Waals surface area contributed by atoms with Gasteiger partial charge in [-0.15, -0.1) is 0 Å². The van der Waals surface area contributed by atoms with Crippen molar-refractivity contribution in [1.82, 2.24) is 10.4 Å². The topological polar surface area (TPSA) is 88.0 Å². The number of para-hydroxylation sites is 1. The molecule has 4 N–H and O–H groups in total. The summed E-state index contributed by atoms with van der Waals surface area (Å²) in [7, 11) is 0. The van der Waals surface area contributed by atoms with Crippen molar-refractivity contribution in [2.45, 2.75) is 19.3 Å². The third-order valence-electron chi connectivity index (χ3n) is 3.43. The normalized spacial score (nSPS) is 14.6. The number of rotatable bonds is 1. The quantitative estimate of drug-likeness (QED) is 0.394. The van der Waals surface area contributed by atoms with Crippen molar-refractivity contribution >= 4 is 22.6 Å². The number of carbonyl (C=O) groups excluding carboxylic acids is 2. The Labute approximate surface area is 103 Å². The standard InChI is InChI=1S/C13H13N3O2/c14-16-13(18)9-3-1-2-8-10-6-7(17)4-5-11(10)15-12(8)9/h1-3,15H,4-6,14H2,(H,16,18). The number of ketones is 1. The molecule has 0 atom stereocenters. The van der Waals surface area contributed by atoms with E-state index in [1.807, 2.05) is 6.07 Å². The van der Waals surface area contributed by atoms with Gasteiger partial charge < -0.3 is 4.98 Å². The van der Waals surface area contributed by atoms with Crippen LogP contribution in [0.3, 0.4) is 0 Å². The van der Waals surface area contributed by atoms with Gasteiger partial charge in [0.2, 0.25) is 0 Å². The predicted octanol–water partition coefficient (Wildman–Crippen LogP) is 0.829. The number of H-pyrrole nitrogens is 1. The van der Waals surface area contributed by atoms with Gasteiger partial charge in [0.05, 0.1) is 11.1 Å². The van der Waals surface area contributed by atoms with Crippen LogP contribution in [-0.2, 0) is 17.6 Å². The molecule has 0 radical (unpaired) electrons. The molecule has 0 unspecified atom stereocenters. The zero-order valence-electron chi connectivity index (χ0n) is 9.75. The Morgan fingerprint density at radius 3 is 2.94 bits per heavy atom. The number of hydrogen-bond donors (Lipinski definition) is 3. The molecule has 0 spiro atoms. The maximum absolute atomic E-state index is 11.7. The van der Waals surface area contributed by atoms with Gasteiger partial charge in [0.1, 0.15) is 5.78 Å². The average molecular weight is 243 g/mol. The highest BCUT2D eigenvalue weighted by molar-refractivity contribution is 6.07. The van der Waals surface area contributed by atoms with E-state index in [0.717, 1.165) is 22.2 Å². The van der Waals surface area contributed by atoms with E-state index in [0.29, 0.717) is 24.8 Å². The highest BCUT2D eigenvalue weighted by Gasteiger charge is 2.22.